The number of ether oxygens (including phenoxy) is 1. The van der Waals surface area contributed by atoms with Gasteiger partial charge in [0.25, 0.3) is 5.91 Å². The van der Waals surface area contributed by atoms with E-state index in [1.54, 1.807) is 24.5 Å². The molecule has 0 spiro atoms. The molecule has 1 aromatic carbocycles. The van der Waals surface area contributed by atoms with Gasteiger partial charge in [0.05, 0.1) is 6.54 Å². The van der Waals surface area contributed by atoms with Gasteiger partial charge in [0, 0.05) is 18.0 Å². The highest BCUT2D eigenvalue weighted by atomic mass is 16.5. The first-order chi connectivity index (χ1) is 13.2. The van der Waals surface area contributed by atoms with Gasteiger partial charge in [0.2, 0.25) is 11.7 Å². The second kappa shape index (κ2) is 8.93. The molecule has 0 aliphatic carbocycles. The van der Waals surface area contributed by atoms with Crippen LogP contribution < -0.4 is 10.1 Å². The van der Waals surface area contributed by atoms with E-state index in [1.165, 1.54) is 0 Å². The summed E-state index contributed by atoms with van der Waals surface area (Å²) in [6.45, 7) is 4.34. The van der Waals surface area contributed by atoms with Gasteiger partial charge in [0.1, 0.15) is 5.75 Å². The Balaban J connectivity index is 1.52. The average molecular weight is 366 g/mol. The summed E-state index contributed by atoms with van der Waals surface area (Å²) < 4.78 is 10.9. The van der Waals surface area contributed by atoms with Gasteiger partial charge in [-0.3, -0.25) is 9.78 Å². The number of para-hydroxylation sites is 1. The van der Waals surface area contributed by atoms with Crippen molar-refractivity contribution < 1.29 is 14.1 Å². The first-order valence-electron chi connectivity index (χ1n) is 8.88. The van der Waals surface area contributed by atoms with Crippen LogP contribution in [-0.2, 0) is 11.3 Å². The minimum atomic E-state index is -0.252. The molecule has 3 aromatic rings. The van der Waals surface area contributed by atoms with E-state index in [4.69, 9.17) is 9.26 Å². The van der Waals surface area contributed by atoms with E-state index in [0.717, 1.165) is 23.3 Å². The van der Waals surface area contributed by atoms with Crippen molar-refractivity contribution >= 4 is 5.91 Å². The van der Waals surface area contributed by atoms with Gasteiger partial charge in [-0.1, -0.05) is 37.2 Å². The lowest BCUT2D eigenvalue weighted by atomic mass is 9.98. The van der Waals surface area contributed by atoms with Gasteiger partial charge in [-0.25, -0.2) is 0 Å². The fourth-order valence-electron chi connectivity index (χ4n) is 2.55. The molecule has 1 atom stereocenters. The molecular formula is C20H22N4O3. The van der Waals surface area contributed by atoms with Crippen molar-refractivity contribution in [3.63, 3.8) is 0 Å². The number of carbonyl (C=O) groups is 1. The summed E-state index contributed by atoms with van der Waals surface area (Å²) in [4.78, 5) is 20.3. The molecule has 2 heterocycles. The second-order valence-corrected chi connectivity index (χ2v) is 6.16. The second-order valence-electron chi connectivity index (χ2n) is 6.16. The van der Waals surface area contributed by atoms with Crippen molar-refractivity contribution in [3.8, 4) is 17.1 Å². The van der Waals surface area contributed by atoms with Crippen LogP contribution in [0.5, 0.6) is 5.75 Å². The van der Waals surface area contributed by atoms with Crippen LogP contribution >= 0.6 is 0 Å². The predicted octanol–water partition coefficient (Wildman–Crippen LogP) is 3.34. The lowest BCUT2D eigenvalue weighted by Crippen LogP contribution is -2.28. The maximum Gasteiger partial charge on any atom is 0.258 e. The largest absolute Gasteiger partial charge is 0.483 e. The molecule has 3 rings (SSSR count). The Bertz CT molecular complexity index is 880. The van der Waals surface area contributed by atoms with Crippen LogP contribution in [0.25, 0.3) is 11.4 Å². The topological polar surface area (TPSA) is 90.1 Å². The number of aromatic nitrogens is 3. The van der Waals surface area contributed by atoms with Gasteiger partial charge in [-0.15, -0.1) is 0 Å². The lowest BCUT2D eigenvalue weighted by Gasteiger charge is -2.15. The first kappa shape index (κ1) is 18.6. The Morgan fingerprint density at radius 2 is 2.00 bits per heavy atom. The number of hydrogen-bond donors (Lipinski definition) is 1. The van der Waals surface area contributed by atoms with E-state index in [-0.39, 0.29) is 19.1 Å². The number of hydrogen-bond acceptors (Lipinski definition) is 6. The van der Waals surface area contributed by atoms with Crippen LogP contribution in [0, 0.1) is 0 Å². The number of pyridine rings is 1. The fourth-order valence-corrected chi connectivity index (χ4v) is 2.55. The zero-order chi connectivity index (χ0) is 19.1. The molecule has 0 fully saturated rings. The third kappa shape index (κ3) is 4.91. The summed E-state index contributed by atoms with van der Waals surface area (Å²) >= 11 is 0. The van der Waals surface area contributed by atoms with Gasteiger partial charge in [0.15, 0.2) is 6.61 Å². The highest BCUT2D eigenvalue weighted by molar-refractivity contribution is 5.77. The van der Waals surface area contributed by atoms with Crippen LogP contribution in [0.3, 0.4) is 0 Å². The minimum absolute atomic E-state index is 0.0706. The SMILES string of the molecule is CCC(C)c1ccccc1OCC(=O)NCc1nc(-c2ccncc2)no1. The Labute approximate surface area is 157 Å². The van der Waals surface area contributed by atoms with E-state index in [9.17, 15) is 4.79 Å². The van der Waals surface area contributed by atoms with Crippen LogP contribution in [0.15, 0.2) is 53.3 Å². The molecule has 0 bridgehead atoms. The van der Waals surface area contributed by atoms with Gasteiger partial charge in [-0.2, -0.15) is 4.98 Å². The molecule has 7 heteroatoms. The third-order valence-corrected chi connectivity index (χ3v) is 4.26. The van der Waals surface area contributed by atoms with E-state index >= 15 is 0 Å². The van der Waals surface area contributed by atoms with E-state index < -0.39 is 0 Å². The predicted molar refractivity (Wildman–Crippen MR) is 100 cm³/mol. The van der Waals surface area contributed by atoms with Crippen molar-refractivity contribution in [2.24, 2.45) is 0 Å². The van der Waals surface area contributed by atoms with Crippen LogP contribution in [0.1, 0.15) is 37.6 Å². The summed E-state index contributed by atoms with van der Waals surface area (Å²) in [6, 6.07) is 11.4. The van der Waals surface area contributed by atoms with Crippen LogP contribution in [-0.4, -0.2) is 27.6 Å². The number of nitrogens with one attached hydrogen (secondary N) is 1. The lowest BCUT2D eigenvalue weighted by molar-refractivity contribution is -0.123. The van der Waals surface area contributed by atoms with Gasteiger partial charge < -0.3 is 14.6 Å². The molecule has 0 aliphatic heterocycles. The Kier molecular flexibility index (Phi) is 6.14. The molecule has 140 valence electrons. The third-order valence-electron chi connectivity index (χ3n) is 4.26. The van der Waals surface area contributed by atoms with Crippen molar-refractivity contribution in [2.75, 3.05) is 6.61 Å². The number of carbonyl (C=O) groups excluding carboxylic acids is 1. The first-order valence-corrected chi connectivity index (χ1v) is 8.88. The minimum Gasteiger partial charge on any atom is -0.483 e. The van der Waals surface area contributed by atoms with E-state index in [2.05, 4.69) is 34.3 Å². The summed E-state index contributed by atoms with van der Waals surface area (Å²) in [5.74, 6) is 1.64. The van der Waals surface area contributed by atoms with Crippen molar-refractivity contribution in [3.05, 3.63) is 60.2 Å². The molecule has 27 heavy (non-hydrogen) atoms. The van der Waals surface area contributed by atoms with E-state index in [1.807, 2.05) is 24.3 Å². The molecule has 7 nitrogen and oxygen atoms in total. The molecule has 2 aromatic heterocycles. The van der Waals surface area contributed by atoms with Crippen LogP contribution in [0.4, 0.5) is 0 Å². The number of benzene rings is 1. The molecular weight excluding hydrogens is 344 g/mol. The summed E-state index contributed by atoms with van der Waals surface area (Å²) in [6.07, 6.45) is 4.31. The normalized spacial score (nSPS) is 11.8. The van der Waals surface area contributed by atoms with Crippen molar-refractivity contribution in [1.82, 2.24) is 20.4 Å². The number of rotatable bonds is 8. The molecule has 0 radical (unpaired) electrons. The fraction of sp³-hybridized carbons (Fsp3) is 0.300. The average Bonchev–Trinajstić information content (AvgIpc) is 3.20. The molecule has 0 saturated carbocycles. The number of amides is 1. The van der Waals surface area contributed by atoms with E-state index in [0.29, 0.717) is 17.6 Å². The molecule has 1 unspecified atom stereocenters. The Morgan fingerprint density at radius 1 is 1.22 bits per heavy atom. The standard InChI is InChI=1S/C20H22N4O3/c1-3-14(2)16-6-4-5-7-17(16)26-13-18(25)22-12-19-23-20(24-27-19)15-8-10-21-11-9-15/h4-11,14H,3,12-13H2,1-2H3,(H,22,25). The molecule has 0 saturated heterocycles. The van der Waals surface area contributed by atoms with Gasteiger partial charge in [-0.05, 0) is 36.1 Å². The van der Waals surface area contributed by atoms with Crippen molar-refractivity contribution in [1.29, 1.82) is 0 Å². The number of nitrogens with zero attached hydrogens (tertiary/aromatic N) is 3. The zero-order valence-electron chi connectivity index (χ0n) is 15.4. The molecule has 1 N–H and O–H groups in total. The summed E-state index contributed by atoms with van der Waals surface area (Å²) in [7, 11) is 0. The summed E-state index contributed by atoms with van der Waals surface area (Å²) in [5, 5.41) is 6.63. The Hall–Kier alpha value is -3.22. The molecule has 0 aliphatic rings. The smallest absolute Gasteiger partial charge is 0.258 e. The highest BCUT2D eigenvalue weighted by Crippen LogP contribution is 2.28. The maximum atomic E-state index is 12.1. The van der Waals surface area contributed by atoms with Crippen molar-refractivity contribution in [2.45, 2.75) is 32.7 Å². The monoisotopic (exact) mass is 366 g/mol. The molecule has 1 amide bonds. The zero-order valence-corrected chi connectivity index (χ0v) is 15.4. The quantitative estimate of drug-likeness (QED) is 0.657. The highest BCUT2D eigenvalue weighted by Gasteiger charge is 2.12. The van der Waals surface area contributed by atoms with Gasteiger partial charge >= 0.3 is 0 Å². The summed E-state index contributed by atoms with van der Waals surface area (Å²) in [5.41, 5.74) is 1.91. The maximum absolute atomic E-state index is 12.1. The van der Waals surface area contributed by atoms with Crippen LogP contribution in [0.2, 0.25) is 0 Å². The Morgan fingerprint density at radius 3 is 2.78 bits per heavy atom.